The van der Waals surface area contributed by atoms with Gasteiger partial charge in [0.25, 0.3) is 0 Å². The van der Waals surface area contributed by atoms with Crippen molar-refractivity contribution in [1.82, 2.24) is 13.7 Å². The minimum atomic E-state index is -1.01. The van der Waals surface area contributed by atoms with Crippen LogP contribution in [0.5, 0.6) is 0 Å². The fourth-order valence-corrected chi connectivity index (χ4v) is 4.90. The van der Waals surface area contributed by atoms with Gasteiger partial charge in [0.15, 0.2) is 0 Å². The van der Waals surface area contributed by atoms with Crippen LogP contribution in [0.15, 0.2) is 97.4 Å². The fraction of sp³-hybridized carbons (Fsp3) is 0. The molecule has 0 saturated carbocycles. The molecule has 4 rings (SSSR count). The Morgan fingerprint density at radius 3 is 0.949 bits per heavy atom. The van der Waals surface area contributed by atoms with Crippen LogP contribution in [0.3, 0.4) is 0 Å². The van der Waals surface area contributed by atoms with Crippen LogP contribution in [0.2, 0.25) is 0 Å². The topological polar surface area (TPSA) is 154 Å². The monoisotopic (exact) mass is 714 g/mol. The molecule has 15 heteroatoms. The first-order chi connectivity index (χ1) is 18.7. The van der Waals surface area contributed by atoms with Gasteiger partial charge in [-0.05, 0) is 102 Å². The second-order valence-electron chi connectivity index (χ2n) is 7.37. The number of carbonyl (C=O) groups excluding carboxylic acids is 3. The third-order valence-corrected chi connectivity index (χ3v) is 7.12. The van der Waals surface area contributed by atoms with E-state index in [-0.39, 0.29) is 47.5 Å². The molecule has 0 N–H and O–H groups in total. The molecule has 0 aliphatic carbocycles. The first-order valence-corrected chi connectivity index (χ1v) is 12.7. The molecule has 0 bridgehead atoms. The van der Waals surface area contributed by atoms with Gasteiger partial charge in [-0.25, -0.2) is 42.5 Å². The molecule has 4 aromatic rings. The number of hydrogen-bond donors (Lipinski definition) is 0. The van der Waals surface area contributed by atoms with E-state index in [0.29, 0.717) is 0 Å². The van der Waals surface area contributed by atoms with Gasteiger partial charge < -0.3 is 0 Å². The lowest BCUT2D eigenvalue weighted by Gasteiger charge is -2.15. The zero-order valence-corrected chi connectivity index (χ0v) is 23.7. The summed E-state index contributed by atoms with van der Waals surface area (Å²) >= 11 is 9.72. The minimum absolute atomic E-state index is 0.0479. The Hall–Kier alpha value is -4.35. The van der Waals surface area contributed by atoms with Crippen molar-refractivity contribution in [3.05, 3.63) is 99.5 Å². The van der Waals surface area contributed by atoms with Crippen LogP contribution in [0.25, 0.3) is 17.1 Å². The molecule has 12 nitrogen and oxygen atoms in total. The Bertz CT molecular complexity index is 1740. The van der Waals surface area contributed by atoms with Gasteiger partial charge in [-0.2, -0.15) is 15.0 Å². The molecule has 39 heavy (non-hydrogen) atoms. The molecule has 0 radical (unpaired) electrons. The molecule has 3 aromatic carbocycles. The lowest BCUT2D eigenvalue weighted by molar-refractivity contribution is 0.564. The second-order valence-corrected chi connectivity index (χ2v) is 9.93. The average Bonchev–Trinajstić information content (AvgIpc) is 2.89. The van der Waals surface area contributed by atoms with Crippen LogP contribution in [-0.2, 0) is 14.4 Å². The summed E-state index contributed by atoms with van der Waals surface area (Å²) in [6.07, 6.45) is 4.22. The maximum absolute atomic E-state index is 13.7. The Morgan fingerprint density at radius 2 is 0.744 bits per heavy atom. The predicted molar refractivity (Wildman–Crippen MR) is 150 cm³/mol. The van der Waals surface area contributed by atoms with E-state index >= 15 is 0 Å². The summed E-state index contributed by atoms with van der Waals surface area (Å²) in [5.41, 5.74) is -2.31. The van der Waals surface area contributed by atoms with E-state index < -0.39 is 17.1 Å². The lowest BCUT2D eigenvalue weighted by atomic mass is 10.2. The molecule has 0 aliphatic heterocycles. The summed E-state index contributed by atoms with van der Waals surface area (Å²) in [5.74, 6) is 0. The standard InChI is InChI=1S/C24H9Br3N6O6/c25-16-7-13(1-4-19(16)28-10-34)31-22(37)32(14-2-5-20(29-11-35)17(26)8-14)24(39)33(23(31)38)15-3-6-21(30-12-36)18(27)9-15/h1-9H. The Labute approximate surface area is 241 Å². The molecule has 1 heterocycles. The molecule has 0 saturated heterocycles. The van der Waals surface area contributed by atoms with Gasteiger partial charge in [0.2, 0.25) is 18.2 Å². The third-order valence-electron chi connectivity index (χ3n) is 5.21. The van der Waals surface area contributed by atoms with Crippen molar-refractivity contribution in [2.45, 2.75) is 0 Å². The number of hydrogen-bond acceptors (Lipinski definition) is 9. The summed E-state index contributed by atoms with van der Waals surface area (Å²) < 4.78 is 3.07. The van der Waals surface area contributed by atoms with Gasteiger partial charge >= 0.3 is 17.1 Å². The third kappa shape index (κ3) is 5.31. The zero-order chi connectivity index (χ0) is 28.3. The van der Waals surface area contributed by atoms with E-state index in [2.05, 4.69) is 62.8 Å². The quantitative estimate of drug-likeness (QED) is 0.214. The smallest absolute Gasteiger partial charge is 0.246 e. The predicted octanol–water partition coefficient (Wildman–Crippen LogP) is 4.33. The SMILES string of the molecule is O=C=Nc1ccc(-n2c(=O)n(-c3ccc(N=C=O)c(Br)c3)c(=O)n(-c3ccc(N=C=O)c(Br)c3)c2=O)cc1Br. The highest BCUT2D eigenvalue weighted by molar-refractivity contribution is 9.11. The Kier molecular flexibility index (Phi) is 8.22. The van der Waals surface area contributed by atoms with Crippen LogP contribution >= 0.6 is 47.8 Å². The van der Waals surface area contributed by atoms with Gasteiger partial charge in [0, 0.05) is 13.4 Å². The van der Waals surface area contributed by atoms with Crippen LogP contribution in [0, 0.1) is 0 Å². The van der Waals surface area contributed by atoms with Crippen LogP contribution in [0.4, 0.5) is 17.1 Å². The van der Waals surface area contributed by atoms with Crippen molar-refractivity contribution >= 4 is 83.1 Å². The average molecular weight is 717 g/mol. The highest BCUT2D eigenvalue weighted by Crippen LogP contribution is 2.29. The van der Waals surface area contributed by atoms with E-state index in [1.807, 2.05) is 0 Å². The number of aliphatic imine (C=N–C) groups is 3. The molecular weight excluding hydrogens is 708 g/mol. The lowest BCUT2D eigenvalue weighted by Crippen LogP contribution is -2.52. The molecule has 0 aliphatic rings. The summed E-state index contributed by atoms with van der Waals surface area (Å²) in [6.45, 7) is 0. The molecule has 0 amide bonds. The highest BCUT2D eigenvalue weighted by Gasteiger charge is 2.21. The summed E-state index contributed by atoms with van der Waals surface area (Å²) in [5, 5.41) is 0. The Balaban J connectivity index is 2.13. The zero-order valence-electron chi connectivity index (χ0n) is 19.0. The summed E-state index contributed by atoms with van der Waals surface area (Å²) in [7, 11) is 0. The number of aromatic nitrogens is 3. The van der Waals surface area contributed by atoms with E-state index in [1.54, 1.807) is 0 Å². The molecular formula is C24H9Br3N6O6. The van der Waals surface area contributed by atoms with Gasteiger partial charge in [0.05, 0.1) is 34.1 Å². The van der Waals surface area contributed by atoms with Gasteiger partial charge in [0.1, 0.15) is 0 Å². The first-order valence-electron chi connectivity index (χ1n) is 10.4. The summed E-state index contributed by atoms with van der Waals surface area (Å²) in [6, 6.07) is 12.3. The van der Waals surface area contributed by atoms with Gasteiger partial charge in [-0.15, -0.1) is 0 Å². The van der Waals surface area contributed by atoms with Gasteiger partial charge in [-0.3, -0.25) is 0 Å². The number of nitrogens with zero attached hydrogens (tertiary/aromatic N) is 6. The highest BCUT2D eigenvalue weighted by atomic mass is 79.9. The van der Waals surface area contributed by atoms with Gasteiger partial charge in [-0.1, -0.05) is 0 Å². The van der Waals surface area contributed by atoms with Crippen molar-refractivity contribution in [3.63, 3.8) is 0 Å². The number of halogens is 3. The number of isocyanates is 3. The minimum Gasteiger partial charge on any atom is -0.246 e. The maximum atomic E-state index is 13.7. The fourth-order valence-electron chi connectivity index (χ4n) is 3.53. The van der Waals surface area contributed by atoms with Crippen molar-refractivity contribution in [2.75, 3.05) is 0 Å². The normalized spacial score (nSPS) is 10.2. The number of rotatable bonds is 6. The molecule has 0 unspecified atom stereocenters. The van der Waals surface area contributed by atoms with Crippen LogP contribution < -0.4 is 17.1 Å². The van der Waals surface area contributed by atoms with Crippen LogP contribution in [-0.4, -0.2) is 31.9 Å². The summed E-state index contributed by atoms with van der Waals surface area (Å²) in [4.78, 5) is 83.7. The maximum Gasteiger partial charge on any atom is 0.345 e. The largest absolute Gasteiger partial charge is 0.345 e. The molecule has 0 fully saturated rings. The molecule has 0 spiro atoms. The molecule has 1 aromatic heterocycles. The van der Waals surface area contributed by atoms with Crippen molar-refractivity contribution in [2.24, 2.45) is 15.0 Å². The molecule has 0 atom stereocenters. The van der Waals surface area contributed by atoms with E-state index in [4.69, 9.17) is 0 Å². The van der Waals surface area contributed by atoms with Crippen molar-refractivity contribution in [1.29, 1.82) is 0 Å². The van der Waals surface area contributed by atoms with E-state index in [9.17, 15) is 28.8 Å². The van der Waals surface area contributed by atoms with E-state index in [0.717, 1.165) is 13.7 Å². The number of benzene rings is 3. The molecule has 192 valence electrons. The van der Waals surface area contributed by atoms with Crippen LogP contribution in [0.1, 0.15) is 0 Å². The van der Waals surface area contributed by atoms with E-state index in [1.165, 1.54) is 72.8 Å². The second kappa shape index (κ2) is 11.6. The van der Waals surface area contributed by atoms with Crippen molar-refractivity contribution in [3.8, 4) is 17.1 Å². The Morgan fingerprint density at radius 1 is 0.487 bits per heavy atom. The first kappa shape index (κ1) is 27.7. The van der Waals surface area contributed by atoms with Crippen molar-refractivity contribution < 1.29 is 14.4 Å².